The van der Waals surface area contributed by atoms with Crippen LogP contribution in [0.15, 0.2) is 91.0 Å². The van der Waals surface area contributed by atoms with Crippen molar-refractivity contribution in [2.75, 3.05) is 17.7 Å². The maximum Gasteiger partial charge on any atom is 0.112 e. The molecule has 1 aliphatic heterocycles. The number of thioether (sulfide) groups is 2. The molecule has 0 unspecified atom stereocenters. The summed E-state index contributed by atoms with van der Waals surface area (Å²) in [7, 11) is -1.69. The fourth-order valence-electron chi connectivity index (χ4n) is 4.07. The zero-order chi connectivity index (χ0) is 19.3. The van der Waals surface area contributed by atoms with Crippen LogP contribution in [0.3, 0.4) is 0 Å². The molecule has 4 rings (SSSR count). The van der Waals surface area contributed by atoms with Gasteiger partial charge in [0.2, 0.25) is 0 Å². The fraction of sp³-hybridized carbons (Fsp3) is 0.280. The highest BCUT2D eigenvalue weighted by molar-refractivity contribution is 8.18. The molecule has 1 heterocycles. The van der Waals surface area contributed by atoms with Crippen LogP contribution in [0.2, 0.25) is 0 Å². The molecule has 0 aromatic heterocycles. The summed E-state index contributed by atoms with van der Waals surface area (Å²) in [4.78, 5) is 0. The van der Waals surface area contributed by atoms with Crippen molar-refractivity contribution in [2.45, 2.75) is 23.8 Å². The summed E-state index contributed by atoms with van der Waals surface area (Å²) in [5, 5.41) is 4.51. The molecule has 1 aliphatic rings. The van der Waals surface area contributed by atoms with E-state index < -0.39 is 7.26 Å². The Balaban J connectivity index is 1.83. The van der Waals surface area contributed by atoms with Gasteiger partial charge in [0.05, 0.1) is 10.2 Å². The molecule has 0 radical (unpaired) electrons. The molecule has 0 N–H and O–H groups in total. The second-order valence-electron chi connectivity index (χ2n) is 7.47. The van der Waals surface area contributed by atoms with E-state index >= 15 is 0 Å². The summed E-state index contributed by atoms with van der Waals surface area (Å²) in [6.45, 7) is 2.47. The van der Waals surface area contributed by atoms with E-state index in [1.54, 1.807) is 0 Å². The van der Waals surface area contributed by atoms with Gasteiger partial charge < -0.3 is 0 Å². The lowest BCUT2D eigenvalue weighted by atomic mass is 10.3. The molecule has 144 valence electrons. The van der Waals surface area contributed by atoms with Gasteiger partial charge in [0, 0.05) is 6.42 Å². The highest BCUT2D eigenvalue weighted by atomic mass is 32.2. The van der Waals surface area contributed by atoms with Crippen molar-refractivity contribution < 1.29 is 0 Å². The van der Waals surface area contributed by atoms with Gasteiger partial charge in [-0.05, 0) is 61.2 Å². The Morgan fingerprint density at radius 3 is 1.46 bits per heavy atom. The van der Waals surface area contributed by atoms with E-state index in [9.17, 15) is 0 Å². The van der Waals surface area contributed by atoms with Crippen molar-refractivity contribution >= 4 is 46.7 Å². The van der Waals surface area contributed by atoms with Gasteiger partial charge in [0.1, 0.15) is 23.2 Å². The average molecular weight is 424 g/mol. The second kappa shape index (κ2) is 9.08. The van der Waals surface area contributed by atoms with Crippen LogP contribution in [-0.2, 0) is 0 Å². The zero-order valence-corrected chi connectivity index (χ0v) is 19.0. The van der Waals surface area contributed by atoms with Crippen LogP contribution in [-0.4, -0.2) is 21.7 Å². The number of hydrogen-bond acceptors (Lipinski definition) is 2. The lowest BCUT2D eigenvalue weighted by molar-refractivity contribution is 0.837. The summed E-state index contributed by atoms with van der Waals surface area (Å²) in [5.74, 6) is 2.61. The predicted molar refractivity (Wildman–Crippen MR) is 133 cm³/mol. The average Bonchev–Trinajstić information content (AvgIpc) is 2.77. The van der Waals surface area contributed by atoms with E-state index in [-0.39, 0.29) is 0 Å². The van der Waals surface area contributed by atoms with E-state index in [0.717, 1.165) is 0 Å². The quantitative estimate of drug-likeness (QED) is 0.449. The number of rotatable bonds is 6. The molecule has 0 saturated carbocycles. The Labute approximate surface area is 178 Å². The lowest BCUT2D eigenvalue weighted by Gasteiger charge is -2.35. The van der Waals surface area contributed by atoms with Crippen LogP contribution >= 0.6 is 30.8 Å². The van der Waals surface area contributed by atoms with Crippen molar-refractivity contribution in [3.63, 3.8) is 0 Å². The fourth-order valence-corrected chi connectivity index (χ4v) is 11.8. The predicted octanol–water partition coefficient (Wildman–Crippen LogP) is 5.96. The molecule has 0 aliphatic carbocycles. The molecule has 3 heteroatoms. The molecule has 28 heavy (non-hydrogen) atoms. The summed E-state index contributed by atoms with van der Waals surface area (Å²) in [5.41, 5.74) is 0. The molecular weight excluding hydrogens is 395 g/mol. The first kappa shape index (κ1) is 20.1. The highest BCUT2D eigenvalue weighted by Crippen LogP contribution is 2.58. The summed E-state index contributed by atoms with van der Waals surface area (Å²) in [6, 6.07) is 33.8. The molecule has 0 atom stereocenters. The molecule has 3 aromatic carbocycles. The summed E-state index contributed by atoms with van der Waals surface area (Å²) in [6.07, 6.45) is 3.82. The molecular formula is C25H28PS2+. The third-order valence-corrected chi connectivity index (χ3v) is 13.4. The minimum absolute atomic E-state index is 0.335. The molecule has 0 spiro atoms. The van der Waals surface area contributed by atoms with E-state index in [4.69, 9.17) is 0 Å². The standard InChI is InChI=1S/C25H28PS2/c1-25(27-20-11-21-28-25)18-19-26(22-12-5-2-6-13-22,23-14-7-3-8-15-23)24-16-9-4-10-17-24/h2-10,12-17H,11,18-21H2,1H3/q+1. The summed E-state index contributed by atoms with van der Waals surface area (Å²) < 4.78 is 0.335. The maximum absolute atomic E-state index is 2.47. The lowest BCUT2D eigenvalue weighted by Crippen LogP contribution is -2.35. The minimum atomic E-state index is -1.69. The van der Waals surface area contributed by atoms with Crippen LogP contribution in [0.1, 0.15) is 19.8 Å². The Morgan fingerprint density at radius 2 is 1.07 bits per heavy atom. The normalized spacial score (nSPS) is 16.6. The Morgan fingerprint density at radius 1 is 0.679 bits per heavy atom. The largest absolute Gasteiger partial charge is 0.144 e. The second-order valence-corrected chi connectivity index (χ2v) is 14.5. The topological polar surface area (TPSA) is 0 Å². The van der Waals surface area contributed by atoms with Crippen LogP contribution in [0, 0.1) is 0 Å². The Hall–Kier alpha value is -1.21. The van der Waals surface area contributed by atoms with Crippen molar-refractivity contribution in [3.8, 4) is 0 Å². The SMILES string of the molecule is CC1(CC[P+](c2ccccc2)(c2ccccc2)c2ccccc2)SCCCS1. The first-order valence-electron chi connectivity index (χ1n) is 10.1. The van der Waals surface area contributed by atoms with Crippen molar-refractivity contribution in [3.05, 3.63) is 91.0 Å². The van der Waals surface area contributed by atoms with Gasteiger partial charge in [-0.2, -0.15) is 0 Å². The van der Waals surface area contributed by atoms with Gasteiger partial charge in [-0.15, -0.1) is 23.5 Å². The van der Waals surface area contributed by atoms with Crippen LogP contribution in [0.25, 0.3) is 0 Å². The minimum Gasteiger partial charge on any atom is -0.144 e. The third-order valence-electron chi connectivity index (χ3n) is 5.60. The van der Waals surface area contributed by atoms with E-state index in [2.05, 4.69) is 121 Å². The van der Waals surface area contributed by atoms with Gasteiger partial charge in [-0.1, -0.05) is 54.6 Å². The molecule has 3 aromatic rings. The van der Waals surface area contributed by atoms with Crippen molar-refractivity contribution in [1.29, 1.82) is 0 Å². The molecule has 0 nitrogen and oxygen atoms in total. The zero-order valence-electron chi connectivity index (χ0n) is 16.5. The number of benzene rings is 3. The Kier molecular flexibility index (Phi) is 6.51. The van der Waals surface area contributed by atoms with Gasteiger partial charge in [-0.25, -0.2) is 0 Å². The van der Waals surface area contributed by atoms with Gasteiger partial charge in [0.25, 0.3) is 0 Å². The third kappa shape index (κ3) is 4.20. The van der Waals surface area contributed by atoms with Crippen molar-refractivity contribution in [2.24, 2.45) is 0 Å². The van der Waals surface area contributed by atoms with E-state index in [1.165, 1.54) is 46.4 Å². The van der Waals surface area contributed by atoms with Gasteiger partial charge >= 0.3 is 0 Å². The first-order valence-corrected chi connectivity index (χ1v) is 14.0. The molecule has 0 bridgehead atoms. The van der Waals surface area contributed by atoms with Gasteiger partial charge in [0.15, 0.2) is 0 Å². The van der Waals surface area contributed by atoms with Crippen LogP contribution < -0.4 is 15.9 Å². The van der Waals surface area contributed by atoms with Crippen LogP contribution in [0.5, 0.6) is 0 Å². The highest BCUT2D eigenvalue weighted by Gasteiger charge is 2.46. The van der Waals surface area contributed by atoms with Crippen LogP contribution in [0.4, 0.5) is 0 Å². The van der Waals surface area contributed by atoms with E-state index in [1.807, 2.05) is 0 Å². The summed E-state index contributed by atoms with van der Waals surface area (Å²) >= 11 is 4.35. The maximum atomic E-state index is 2.47. The molecule has 0 amide bonds. The monoisotopic (exact) mass is 423 g/mol. The van der Waals surface area contributed by atoms with Gasteiger partial charge in [-0.3, -0.25) is 0 Å². The van der Waals surface area contributed by atoms with Crippen molar-refractivity contribution in [1.82, 2.24) is 0 Å². The van der Waals surface area contributed by atoms with E-state index in [0.29, 0.717) is 4.08 Å². The Bertz CT molecular complexity index is 762. The molecule has 1 saturated heterocycles. The number of hydrogen-bond donors (Lipinski definition) is 0. The smallest absolute Gasteiger partial charge is 0.112 e. The first-order chi connectivity index (χ1) is 13.7. The molecule has 1 fully saturated rings.